The van der Waals surface area contributed by atoms with Crippen LogP contribution >= 0.6 is 22.6 Å². The molecule has 0 atom stereocenters. The second-order valence-corrected chi connectivity index (χ2v) is 3.35. The van der Waals surface area contributed by atoms with Gasteiger partial charge in [0.15, 0.2) is 0 Å². The minimum Gasteiger partial charge on any atom is -0.508 e. The minimum atomic E-state index is 0.314. The molecule has 58 valence electrons. The highest BCUT2D eigenvalue weighted by Gasteiger charge is 1.94. The third kappa shape index (κ3) is 2.22. The molecule has 11 heavy (non-hydrogen) atoms. The summed E-state index contributed by atoms with van der Waals surface area (Å²) in [4.78, 5) is 0. The number of rotatable bonds is 1. The number of allylic oxidation sites excluding steroid dienone is 1. The van der Waals surface area contributed by atoms with E-state index < -0.39 is 0 Å². The van der Waals surface area contributed by atoms with Crippen LogP contribution in [0.4, 0.5) is 0 Å². The van der Waals surface area contributed by atoms with Gasteiger partial charge in [-0.1, -0.05) is 18.2 Å². The average Bonchev–Trinajstić information content (AvgIpc) is 2.05. The standard InChI is InChI=1S/C9H9IO/c1-2-9(10)7-3-5-8(11)6-4-7/h2-6,11H,1H3/b9-2-. The van der Waals surface area contributed by atoms with Crippen LogP contribution in [0.15, 0.2) is 30.3 Å². The van der Waals surface area contributed by atoms with Gasteiger partial charge in [-0.2, -0.15) is 0 Å². The van der Waals surface area contributed by atoms with Crippen LogP contribution < -0.4 is 0 Å². The van der Waals surface area contributed by atoms with E-state index in [-0.39, 0.29) is 0 Å². The zero-order valence-electron chi connectivity index (χ0n) is 6.21. The van der Waals surface area contributed by atoms with Gasteiger partial charge < -0.3 is 5.11 Å². The molecule has 1 rings (SSSR count). The molecule has 0 fully saturated rings. The molecule has 0 heterocycles. The Morgan fingerprint density at radius 3 is 2.36 bits per heavy atom. The van der Waals surface area contributed by atoms with Crippen molar-refractivity contribution in [1.29, 1.82) is 0 Å². The fourth-order valence-electron chi connectivity index (χ4n) is 0.787. The first-order valence-corrected chi connectivity index (χ1v) is 4.43. The Labute approximate surface area is 79.9 Å². The highest BCUT2D eigenvalue weighted by Crippen LogP contribution is 2.22. The third-order valence-electron chi connectivity index (χ3n) is 1.40. The number of aromatic hydroxyl groups is 1. The number of phenolic OH excluding ortho intramolecular Hbond substituents is 1. The van der Waals surface area contributed by atoms with Gasteiger partial charge in [-0.15, -0.1) is 0 Å². The molecule has 0 saturated heterocycles. The van der Waals surface area contributed by atoms with E-state index in [2.05, 4.69) is 22.6 Å². The Morgan fingerprint density at radius 1 is 1.36 bits per heavy atom. The second kappa shape index (κ2) is 3.76. The molecule has 1 nitrogen and oxygen atoms in total. The van der Waals surface area contributed by atoms with Crippen LogP contribution in [-0.2, 0) is 0 Å². The first kappa shape index (κ1) is 8.59. The van der Waals surface area contributed by atoms with E-state index in [1.165, 1.54) is 3.58 Å². The van der Waals surface area contributed by atoms with Crippen LogP contribution in [0.2, 0.25) is 0 Å². The van der Waals surface area contributed by atoms with E-state index in [9.17, 15) is 0 Å². The van der Waals surface area contributed by atoms with E-state index in [4.69, 9.17) is 5.11 Å². The molecule has 0 aromatic heterocycles. The summed E-state index contributed by atoms with van der Waals surface area (Å²) >= 11 is 2.26. The maximum absolute atomic E-state index is 8.99. The van der Waals surface area contributed by atoms with Crippen LogP contribution in [0.25, 0.3) is 3.58 Å². The molecular formula is C9H9IO. The molecule has 1 aromatic rings. The van der Waals surface area contributed by atoms with Gasteiger partial charge in [0.1, 0.15) is 5.75 Å². The number of benzene rings is 1. The zero-order chi connectivity index (χ0) is 8.27. The molecule has 0 aliphatic rings. The van der Waals surface area contributed by atoms with E-state index in [0.29, 0.717) is 5.75 Å². The number of hydrogen-bond donors (Lipinski definition) is 1. The van der Waals surface area contributed by atoms with Crippen molar-refractivity contribution in [2.75, 3.05) is 0 Å². The summed E-state index contributed by atoms with van der Waals surface area (Å²) in [5, 5.41) is 8.99. The summed E-state index contributed by atoms with van der Waals surface area (Å²) in [5.74, 6) is 0.314. The molecule has 0 radical (unpaired) electrons. The van der Waals surface area contributed by atoms with E-state index in [1.54, 1.807) is 12.1 Å². The normalized spacial score (nSPS) is 11.6. The third-order valence-corrected chi connectivity index (χ3v) is 2.64. The fourth-order valence-corrected chi connectivity index (χ4v) is 1.15. The predicted octanol–water partition coefficient (Wildman–Crippen LogP) is 3.19. The van der Waals surface area contributed by atoms with Crippen molar-refractivity contribution in [3.05, 3.63) is 35.9 Å². The summed E-state index contributed by atoms with van der Waals surface area (Å²) < 4.78 is 1.20. The molecule has 0 bridgehead atoms. The van der Waals surface area contributed by atoms with E-state index >= 15 is 0 Å². The summed E-state index contributed by atoms with van der Waals surface area (Å²) in [6, 6.07) is 7.18. The summed E-state index contributed by atoms with van der Waals surface area (Å²) in [6.07, 6.45) is 2.03. The van der Waals surface area contributed by atoms with Crippen molar-refractivity contribution in [3.63, 3.8) is 0 Å². The van der Waals surface area contributed by atoms with Crippen LogP contribution in [-0.4, -0.2) is 5.11 Å². The molecule has 0 aliphatic carbocycles. The van der Waals surface area contributed by atoms with Crippen LogP contribution in [0.3, 0.4) is 0 Å². The van der Waals surface area contributed by atoms with Gasteiger partial charge in [0, 0.05) is 3.58 Å². The molecular weight excluding hydrogens is 251 g/mol. The number of halogens is 1. The Kier molecular flexibility index (Phi) is 2.93. The van der Waals surface area contributed by atoms with Crippen LogP contribution in [0.5, 0.6) is 5.75 Å². The van der Waals surface area contributed by atoms with Gasteiger partial charge in [0.2, 0.25) is 0 Å². The Bertz CT molecular complexity index is 261. The smallest absolute Gasteiger partial charge is 0.115 e. The van der Waals surface area contributed by atoms with Gasteiger partial charge >= 0.3 is 0 Å². The summed E-state index contributed by atoms with van der Waals surface area (Å²) in [5.41, 5.74) is 1.14. The predicted molar refractivity (Wildman–Crippen MR) is 55.8 cm³/mol. The van der Waals surface area contributed by atoms with E-state index in [0.717, 1.165) is 5.56 Å². The van der Waals surface area contributed by atoms with Gasteiger partial charge in [0.05, 0.1) is 0 Å². The topological polar surface area (TPSA) is 20.2 Å². The molecule has 0 amide bonds. The number of hydrogen-bond acceptors (Lipinski definition) is 1. The van der Waals surface area contributed by atoms with Crippen LogP contribution in [0, 0.1) is 0 Å². The Morgan fingerprint density at radius 2 is 1.91 bits per heavy atom. The van der Waals surface area contributed by atoms with Crippen molar-refractivity contribution >= 4 is 26.2 Å². The Balaban J connectivity index is 2.99. The molecule has 0 unspecified atom stereocenters. The van der Waals surface area contributed by atoms with Crippen LogP contribution in [0.1, 0.15) is 12.5 Å². The second-order valence-electron chi connectivity index (χ2n) is 2.18. The van der Waals surface area contributed by atoms with Crippen molar-refractivity contribution in [2.24, 2.45) is 0 Å². The molecule has 0 spiro atoms. The minimum absolute atomic E-state index is 0.314. The quantitative estimate of drug-likeness (QED) is 0.769. The molecule has 0 aliphatic heterocycles. The van der Waals surface area contributed by atoms with Crippen molar-refractivity contribution in [1.82, 2.24) is 0 Å². The first-order chi connectivity index (χ1) is 5.24. The van der Waals surface area contributed by atoms with Crippen molar-refractivity contribution in [3.8, 4) is 5.75 Å². The maximum atomic E-state index is 8.99. The van der Waals surface area contributed by atoms with Gasteiger partial charge in [-0.05, 0) is 47.2 Å². The first-order valence-electron chi connectivity index (χ1n) is 3.35. The average molecular weight is 260 g/mol. The monoisotopic (exact) mass is 260 g/mol. The summed E-state index contributed by atoms with van der Waals surface area (Å²) in [7, 11) is 0. The lowest BCUT2D eigenvalue weighted by atomic mass is 10.2. The van der Waals surface area contributed by atoms with Gasteiger partial charge in [-0.25, -0.2) is 0 Å². The highest BCUT2D eigenvalue weighted by molar-refractivity contribution is 14.1. The number of phenols is 1. The largest absolute Gasteiger partial charge is 0.508 e. The molecule has 1 aromatic carbocycles. The molecule has 1 N–H and O–H groups in total. The lowest BCUT2D eigenvalue weighted by Crippen LogP contribution is -1.73. The lowest BCUT2D eigenvalue weighted by Gasteiger charge is -1.97. The van der Waals surface area contributed by atoms with Crippen molar-refractivity contribution < 1.29 is 5.11 Å². The van der Waals surface area contributed by atoms with Gasteiger partial charge in [-0.3, -0.25) is 0 Å². The fraction of sp³-hybridized carbons (Fsp3) is 0.111. The Hall–Kier alpha value is -0.510. The van der Waals surface area contributed by atoms with Gasteiger partial charge in [0.25, 0.3) is 0 Å². The van der Waals surface area contributed by atoms with E-state index in [1.807, 2.05) is 25.1 Å². The summed E-state index contributed by atoms with van der Waals surface area (Å²) in [6.45, 7) is 1.99. The molecule has 2 heteroatoms. The van der Waals surface area contributed by atoms with Crippen molar-refractivity contribution in [2.45, 2.75) is 6.92 Å². The maximum Gasteiger partial charge on any atom is 0.115 e. The lowest BCUT2D eigenvalue weighted by molar-refractivity contribution is 0.475. The SMILES string of the molecule is C/C=C(\I)c1ccc(O)cc1. The highest BCUT2D eigenvalue weighted by atomic mass is 127. The molecule has 0 saturated carbocycles. The zero-order valence-corrected chi connectivity index (χ0v) is 8.37.